The second kappa shape index (κ2) is 21.5. The van der Waals surface area contributed by atoms with Crippen molar-refractivity contribution in [3.63, 3.8) is 0 Å². The van der Waals surface area contributed by atoms with E-state index in [9.17, 15) is 43.5 Å². The maximum absolute atomic E-state index is 15.5. The number of ether oxygens (including phenoxy) is 2. The lowest BCUT2D eigenvalue weighted by Gasteiger charge is -2.31. The van der Waals surface area contributed by atoms with Gasteiger partial charge in [-0.1, -0.05) is 63.4 Å². The monoisotopic (exact) mass is 978 g/mol. The first-order chi connectivity index (χ1) is 34.1. The molecule has 4 aliphatic rings. The van der Waals surface area contributed by atoms with Crippen LogP contribution in [0.3, 0.4) is 0 Å². The Labute approximate surface area is 408 Å². The van der Waals surface area contributed by atoms with Gasteiger partial charge in [-0.2, -0.15) is 0 Å². The van der Waals surface area contributed by atoms with E-state index in [-0.39, 0.29) is 68.6 Å². The fourth-order valence-corrected chi connectivity index (χ4v) is 9.60. The molecule has 1 fully saturated rings. The Hall–Kier alpha value is -7.06. The van der Waals surface area contributed by atoms with Crippen LogP contribution in [0.25, 0.3) is 22.3 Å². The Kier molecular flexibility index (Phi) is 15.3. The number of cyclic esters (lactones) is 1. The Morgan fingerprint density at radius 3 is 2.35 bits per heavy atom. The van der Waals surface area contributed by atoms with Gasteiger partial charge in [-0.05, 0) is 73.3 Å². The van der Waals surface area contributed by atoms with E-state index in [1.807, 2.05) is 6.92 Å². The summed E-state index contributed by atoms with van der Waals surface area (Å²) in [6, 6.07) is 10.1. The molecule has 0 radical (unpaired) electrons. The summed E-state index contributed by atoms with van der Waals surface area (Å²) < 4.78 is 28.3. The fraction of sp³-hybridized carbons (Fsp3) is 0.471. The van der Waals surface area contributed by atoms with Crippen molar-refractivity contribution in [1.82, 2.24) is 41.5 Å². The lowest BCUT2D eigenvalue weighted by molar-refractivity contribution is -0.172. The average Bonchev–Trinajstić information content (AvgIpc) is 4.11. The van der Waals surface area contributed by atoms with Crippen LogP contribution in [0.1, 0.15) is 110 Å². The molecule has 4 heterocycles. The van der Waals surface area contributed by atoms with Crippen LogP contribution in [0.4, 0.5) is 4.39 Å². The van der Waals surface area contributed by atoms with E-state index in [2.05, 4.69) is 31.9 Å². The number of aryl methyl sites for hydroxylation is 1. The van der Waals surface area contributed by atoms with Gasteiger partial charge in [0, 0.05) is 35.4 Å². The molecule has 1 saturated carbocycles. The summed E-state index contributed by atoms with van der Waals surface area (Å²) in [6.45, 7) is 3.39. The number of pyridine rings is 2. The highest BCUT2D eigenvalue weighted by molar-refractivity contribution is 5.95. The van der Waals surface area contributed by atoms with Gasteiger partial charge in [0.15, 0.2) is 5.60 Å². The third-order valence-electron chi connectivity index (χ3n) is 13.8. The number of esters is 1. The molecule has 2 aromatic heterocycles. The van der Waals surface area contributed by atoms with Gasteiger partial charge in [0.05, 0.1) is 54.7 Å². The van der Waals surface area contributed by atoms with Crippen molar-refractivity contribution >= 4 is 52.3 Å². The van der Waals surface area contributed by atoms with E-state index in [4.69, 9.17) is 14.5 Å². The van der Waals surface area contributed by atoms with Gasteiger partial charge in [-0.3, -0.25) is 33.6 Å². The number of nitrogens with zero attached hydrogens (tertiary/aromatic N) is 2. The number of benzene rings is 2. The Morgan fingerprint density at radius 2 is 1.62 bits per heavy atom. The predicted octanol–water partition coefficient (Wildman–Crippen LogP) is 2.16. The van der Waals surface area contributed by atoms with Crippen molar-refractivity contribution in [2.24, 2.45) is 5.92 Å². The molecule has 2 aliphatic heterocycles. The Bertz CT molecular complexity index is 2850. The molecule has 376 valence electrons. The maximum Gasteiger partial charge on any atom is 0.343 e. The number of hydrogen-bond acceptors (Lipinski definition) is 12. The normalized spacial score (nSPS) is 18.2. The van der Waals surface area contributed by atoms with Crippen LogP contribution in [-0.4, -0.2) is 94.6 Å². The summed E-state index contributed by atoms with van der Waals surface area (Å²) in [5.41, 5.74) is 2.11. The van der Waals surface area contributed by atoms with E-state index in [0.717, 1.165) is 30.4 Å². The minimum Gasteiger partial charge on any atom is -0.458 e. The van der Waals surface area contributed by atoms with Crippen LogP contribution in [0, 0.1) is 18.7 Å². The molecule has 8 rings (SSSR count). The zero-order valence-electron chi connectivity index (χ0n) is 40.0. The van der Waals surface area contributed by atoms with Crippen LogP contribution in [0.2, 0.25) is 0 Å². The minimum atomic E-state index is -2.04. The quantitative estimate of drug-likeness (QED) is 0.0412. The zero-order valence-corrected chi connectivity index (χ0v) is 40.0. The fourth-order valence-electron chi connectivity index (χ4n) is 9.60. The molecule has 7 N–H and O–H groups in total. The highest BCUT2D eigenvalue weighted by Crippen LogP contribution is 2.46. The number of carbonyl (C=O) groups excluding carboxylic acids is 7. The van der Waals surface area contributed by atoms with Gasteiger partial charge in [0.2, 0.25) is 35.4 Å². The maximum atomic E-state index is 15.5. The van der Waals surface area contributed by atoms with E-state index in [1.165, 1.54) is 10.6 Å². The summed E-state index contributed by atoms with van der Waals surface area (Å²) in [4.78, 5) is 110. The predicted molar refractivity (Wildman–Crippen MR) is 254 cm³/mol. The Balaban J connectivity index is 0.921. The van der Waals surface area contributed by atoms with Crippen molar-refractivity contribution in [3.05, 3.63) is 97.6 Å². The largest absolute Gasteiger partial charge is 0.458 e. The number of hydrogen-bond donors (Lipinski definition) is 7. The molecule has 71 heavy (non-hydrogen) atoms. The molecule has 6 amide bonds. The highest BCUT2D eigenvalue weighted by Gasteiger charge is 2.46. The van der Waals surface area contributed by atoms with Gasteiger partial charge < -0.3 is 51.0 Å². The van der Waals surface area contributed by atoms with Gasteiger partial charge >= 0.3 is 5.97 Å². The van der Waals surface area contributed by atoms with Crippen LogP contribution >= 0.6 is 0 Å². The van der Waals surface area contributed by atoms with Crippen molar-refractivity contribution in [3.8, 4) is 11.4 Å². The summed E-state index contributed by atoms with van der Waals surface area (Å²) in [6.07, 6.45) is 3.82. The van der Waals surface area contributed by atoms with Crippen molar-refractivity contribution < 1.29 is 52.5 Å². The first kappa shape index (κ1) is 50.3. The third-order valence-corrected chi connectivity index (χ3v) is 13.8. The van der Waals surface area contributed by atoms with Crippen molar-refractivity contribution in [2.45, 2.75) is 122 Å². The van der Waals surface area contributed by atoms with Crippen LogP contribution < -0.4 is 37.5 Å². The lowest BCUT2D eigenvalue weighted by Crippen LogP contribution is -2.52. The SMILES string of the molecule is CCCCC(=O)NCC(=O)NCC(=O)N[C@@H](Cc1ccccc1)C(=O)NCC(=O)NCO[C@H](CC1CC1)C(=O)N[C@H]1CCc2c(C)c(F)cc3nc4c(c1c23)Cn1c-4cc2c(c1=O)COC(=O)[C@]2(O)CC. The summed E-state index contributed by atoms with van der Waals surface area (Å²) in [5.74, 6) is -4.34. The van der Waals surface area contributed by atoms with Crippen molar-refractivity contribution in [1.29, 1.82) is 0 Å². The number of carbonyl (C=O) groups is 7. The van der Waals surface area contributed by atoms with Crippen LogP contribution in [0.15, 0.2) is 47.3 Å². The van der Waals surface area contributed by atoms with Gasteiger partial charge in [-0.15, -0.1) is 0 Å². The molecule has 19 nitrogen and oxygen atoms in total. The van der Waals surface area contributed by atoms with Crippen molar-refractivity contribution in [2.75, 3.05) is 26.4 Å². The minimum absolute atomic E-state index is 0.0388. The number of rotatable bonds is 21. The number of halogens is 1. The number of nitrogens with one attached hydrogen (secondary N) is 6. The standard InChI is InChI=1S/C51H59FN8O11/c1-4-6-12-40(61)53-21-41(62)54-23-43(64)57-37(17-28-10-8-7-9-11-28)47(65)55-22-42(63)56-26-71-39(18-29-13-14-29)48(66)59-35-16-15-30-27(3)34(52)20-36-44(30)45(35)31-24-60-38(46(31)58-36)19-33-32(49(60)67)25-70-50(68)51(33,69)5-2/h7-11,19-20,29,35,37,39,69H,4-6,12-18,21-26H2,1-3H3,(H,53,61)(H,54,62)(H,55,65)(H,56,63)(H,57,64)(H,59,66)/t35-,37-,39+,51-/m0/s1. The molecule has 0 saturated heterocycles. The zero-order chi connectivity index (χ0) is 50.6. The first-order valence-corrected chi connectivity index (χ1v) is 24.2. The second-order valence-electron chi connectivity index (χ2n) is 18.7. The summed E-state index contributed by atoms with van der Waals surface area (Å²) in [7, 11) is 0. The van der Waals surface area contributed by atoms with Crippen LogP contribution in [0.5, 0.6) is 0 Å². The van der Waals surface area contributed by atoms with Gasteiger partial charge in [0.25, 0.3) is 5.56 Å². The number of unbranched alkanes of at least 4 members (excludes halogenated alkanes) is 1. The molecule has 2 aromatic carbocycles. The average molecular weight is 979 g/mol. The molecule has 0 unspecified atom stereocenters. The molecular weight excluding hydrogens is 920 g/mol. The second-order valence-corrected chi connectivity index (χ2v) is 18.7. The highest BCUT2D eigenvalue weighted by atomic mass is 19.1. The molecule has 0 bridgehead atoms. The number of aliphatic hydroxyl groups is 1. The molecule has 4 aromatic rings. The topological polar surface area (TPSA) is 265 Å². The van der Waals surface area contributed by atoms with Gasteiger partial charge in [0.1, 0.15) is 31.3 Å². The number of fused-ring (bicyclic) bond motifs is 5. The smallest absolute Gasteiger partial charge is 0.343 e. The molecule has 4 atom stereocenters. The van der Waals surface area contributed by atoms with E-state index >= 15 is 4.39 Å². The molecule has 0 spiro atoms. The van der Waals surface area contributed by atoms with E-state index < -0.39 is 83.8 Å². The van der Waals surface area contributed by atoms with E-state index in [1.54, 1.807) is 50.2 Å². The number of amides is 6. The molecular formula is C51H59FN8O11. The third kappa shape index (κ3) is 11.0. The van der Waals surface area contributed by atoms with Gasteiger partial charge in [-0.25, -0.2) is 14.2 Å². The lowest BCUT2D eigenvalue weighted by atomic mass is 9.81. The molecule has 20 heteroatoms. The van der Waals surface area contributed by atoms with E-state index in [0.29, 0.717) is 64.7 Å². The molecule has 2 aliphatic carbocycles. The number of aromatic nitrogens is 2. The first-order valence-electron chi connectivity index (χ1n) is 24.2. The van der Waals surface area contributed by atoms with Crippen LogP contribution in [-0.2, 0) is 74.6 Å². The summed E-state index contributed by atoms with van der Waals surface area (Å²) in [5, 5.41) is 27.9. The summed E-state index contributed by atoms with van der Waals surface area (Å²) >= 11 is 0. The Morgan fingerprint density at radius 1 is 0.901 bits per heavy atom.